The third-order valence-electron chi connectivity index (χ3n) is 3.03. The number of benzene rings is 1. The van der Waals surface area contributed by atoms with E-state index in [9.17, 15) is 9.59 Å². The molecule has 3 N–H and O–H groups in total. The van der Waals surface area contributed by atoms with Crippen molar-refractivity contribution in [3.63, 3.8) is 0 Å². The van der Waals surface area contributed by atoms with E-state index in [1.807, 2.05) is 24.3 Å². The highest BCUT2D eigenvalue weighted by Gasteiger charge is 2.10. The molecule has 0 spiro atoms. The number of ether oxygens (including phenoxy) is 1. The molecule has 0 saturated carbocycles. The maximum absolute atomic E-state index is 11.5. The Labute approximate surface area is 138 Å². The molecule has 1 aromatic carbocycles. The summed E-state index contributed by atoms with van der Waals surface area (Å²) in [5.41, 5.74) is 6.36. The van der Waals surface area contributed by atoms with Crippen LogP contribution >= 0.6 is 22.6 Å². The summed E-state index contributed by atoms with van der Waals surface area (Å²) in [7, 11) is 0. The predicted molar refractivity (Wildman–Crippen MR) is 87.7 cm³/mol. The zero-order valence-corrected chi connectivity index (χ0v) is 13.9. The molecule has 0 unspecified atom stereocenters. The second-order valence-electron chi connectivity index (χ2n) is 4.83. The van der Waals surface area contributed by atoms with Gasteiger partial charge in [-0.15, -0.1) is 0 Å². The van der Waals surface area contributed by atoms with Crippen LogP contribution in [0.2, 0.25) is 0 Å². The number of hydrogen-bond acceptors (Lipinski definition) is 4. The molecule has 0 radical (unpaired) electrons. The zero-order chi connectivity index (χ0) is 15.7. The first-order valence-corrected chi connectivity index (χ1v) is 7.95. The molecular weight excluding hydrogens is 385 g/mol. The second kappa shape index (κ2) is 9.73. The Morgan fingerprint density at radius 2 is 1.86 bits per heavy atom. The van der Waals surface area contributed by atoms with Gasteiger partial charge in [0.15, 0.2) is 0 Å². The van der Waals surface area contributed by atoms with E-state index in [-0.39, 0.29) is 5.97 Å². The smallest absolute Gasteiger partial charge is 0.320 e. The molecule has 0 aliphatic heterocycles. The SMILES string of the molecule is N[C@@H](CCCCCC(=O)OCc1ccc(I)cc1)C(=O)O. The largest absolute Gasteiger partial charge is 0.480 e. The first-order chi connectivity index (χ1) is 9.99. The minimum absolute atomic E-state index is 0.226. The van der Waals surface area contributed by atoms with Gasteiger partial charge in [0, 0.05) is 9.99 Å². The Bertz CT molecular complexity index is 461. The Balaban J connectivity index is 2.09. The van der Waals surface area contributed by atoms with Crippen molar-refractivity contribution in [2.24, 2.45) is 5.73 Å². The summed E-state index contributed by atoms with van der Waals surface area (Å²) in [6.07, 6.45) is 2.97. The van der Waals surface area contributed by atoms with Crippen molar-refractivity contribution >= 4 is 34.5 Å². The molecule has 6 heteroatoms. The van der Waals surface area contributed by atoms with E-state index in [2.05, 4.69) is 22.6 Å². The van der Waals surface area contributed by atoms with Crippen molar-refractivity contribution in [3.05, 3.63) is 33.4 Å². The molecule has 0 bridgehead atoms. The van der Waals surface area contributed by atoms with Gasteiger partial charge in [-0.25, -0.2) is 0 Å². The van der Waals surface area contributed by atoms with E-state index in [1.54, 1.807) is 0 Å². The van der Waals surface area contributed by atoms with Crippen LogP contribution in [0.15, 0.2) is 24.3 Å². The number of carboxylic acids is 1. The lowest BCUT2D eigenvalue weighted by Gasteiger charge is -2.06. The van der Waals surface area contributed by atoms with E-state index in [0.29, 0.717) is 32.3 Å². The van der Waals surface area contributed by atoms with Gasteiger partial charge in [0.1, 0.15) is 12.6 Å². The summed E-state index contributed by atoms with van der Waals surface area (Å²) in [5, 5.41) is 8.62. The van der Waals surface area contributed by atoms with Gasteiger partial charge >= 0.3 is 11.9 Å². The average molecular weight is 405 g/mol. The van der Waals surface area contributed by atoms with Crippen molar-refractivity contribution in [2.75, 3.05) is 0 Å². The van der Waals surface area contributed by atoms with Crippen molar-refractivity contribution < 1.29 is 19.4 Å². The number of nitrogens with two attached hydrogens (primary N) is 1. The highest BCUT2D eigenvalue weighted by atomic mass is 127. The third kappa shape index (κ3) is 8.01. The summed E-state index contributed by atoms with van der Waals surface area (Å²) in [5.74, 6) is -1.21. The summed E-state index contributed by atoms with van der Waals surface area (Å²) in [6.45, 7) is 0.291. The normalized spacial score (nSPS) is 11.9. The highest BCUT2D eigenvalue weighted by molar-refractivity contribution is 14.1. The molecule has 0 fully saturated rings. The Kier molecular flexibility index (Phi) is 8.29. The molecule has 1 aromatic rings. The lowest BCUT2D eigenvalue weighted by Crippen LogP contribution is -2.29. The Hall–Kier alpha value is -1.15. The maximum Gasteiger partial charge on any atom is 0.320 e. The lowest BCUT2D eigenvalue weighted by molar-refractivity contribution is -0.145. The van der Waals surface area contributed by atoms with Crippen LogP contribution in [0.1, 0.15) is 37.7 Å². The van der Waals surface area contributed by atoms with Crippen LogP contribution in [-0.2, 0) is 20.9 Å². The Morgan fingerprint density at radius 3 is 2.48 bits per heavy atom. The van der Waals surface area contributed by atoms with Gasteiger partial charge < -0.3 is 15.6 Å². The van der Waals surface area contributed by atoms with E-state index in [0.717, 1.165) is 15.6 Å². The number of carbonyl (C=O) groups excluding carboxylic acids is 1. The molecule has 116 valence electrons. The summed E-state index contributed by atoms with van der Waals surface area (Å²) < 4.78 is 6.31. The van der Waals surface area contributed by atoms with E-state index in [1.165, 1.54) is 0 Å². The molecule has 0 heterocycles. The van der Waals surface area contributed by atoms with Gasteiger partial charge in [-0.2, -0.15) is 0 Å². The number of aliphatic carboxylic acids is 1. The minimum atomic E-state index is -0.980. The Morgan fingerprint density at radius 1 is 1.19 bits per heavy atom. The van der Waals surface area contributed by atoms with Crippen LogP contribution in [0.5, 0.6) is 0 Å². The van der Waals surface area contributed by atoms with Crippen LogP contribution < -0.4 is 5.73 Å². The van der Waals surface area contributed by atoms with Crippen LogP contribution in [0.4, 0.5) is 0 Å². The summed E-state index contributed by atoms with van der Waals surface area (Å²) >= 11 is 2.22. The number of carboxylic acid groups (broad SMARTS) is 1. The lowest BCUT2D eigenvalue weighted by atomic mass is 10.1. The quantitative estimate of drug-likeness (QED) is 0.375. The maximum atomic E-state index is 11.5. The van der Waals surface area contributed by atoms with Crippen molar-refractivity contribution in [3.8, 4) is 0 Å². The molecule has 0 aliphatic rings. The fraction of sp³-hybridized carbons (Fsp3) is 0.467. The number of carbonyl (C=O) groups is 2. The van der Waals surface area contributed by atoms with Crippen LogP contribution in [-0.4, -0.2) is 23.1 Å². The van der Waals surface area contributed by atoms with Crippen LogP contribution in [0, 0.1) is 3.57 Å². The monoisotopic (exact) mass is 405 g/mol. The van der Waals surface area contributed by atoms with Gasteiger partial charge in [0.25, 0.3) is 0 Å². The first kappa shape index (κ1) is 17.9. The zero-order valence-electron chi connectivity index (χ0n) is 11.8. The molecule has 0 amide bonds. The fourth-order valence-electron chi connectivity index (χ4n) is 1.75. The van der Waals surface area contributed by atoms with Crippen molar-refractivity contribution in [1.29, 1.82) is 0 Å². The fourth-order valence-corrected chi connectivity index (χ4v) is 2.11. The standard InChI is InChI=1S/C15H20INO4/c16-12-8-6-11(7-9-12)10-21-14(18)5-3-1-2-4-13(17)15(19)20/h6-9,13H,1-5,10,17H2,(H,19,20)/t13-/m0/s1. The number of esters is 1. The second-order valence-corrected chi connectivity index (χ2v) is 6.08. The summed E-state index contributed by atoms with van der Waals surface area (Å²) in [6, 6.07) is 6.99. The van der Waals surface area contributed by atoms with Crippen molar-refractivity contribution in [1.82, 2.24) is 0 Å². The number of hydrogen-bond donors (Lipinski definition) is 2. The molecule has 21 heavy (non-hydrogen) atoms. The number of rotatable bonds is 9. The first-order valence-electron chi connectivity index (χ1n) is 6.87. The van der Waals surface area contributed by atoms with Gasteiger partial charge in [-0.3, -0.25) is 9.59 Å². The molecule has 0 aromatic heterocycles. The number of unbranched alkanes of at least 4 members (excludes halogenated alkanes) is 2. The number of halogens is 1. The molecule has 0 saturated heterocycles. The third-order valence-corrected chi connectivity index (χ3v) is 3.75. The van der Waals surface area contributed by atoms with Crippen LogP contribution in [0.3, 0.4) is 0 Å². The highest BCUT2D eigenvalue weighted by Crippen LogP contribution is 2.10. The van der Waals surface area contributed by atoms with E-state index < -0.39 is 12.0 Å². The predicted octanol–water partition coefficient (Wildman–Crippen LogP) is 2.70. The molecule has 0 aliphatic carbocycles. The topological polar surface area (TPSA) is 89.6 Å². The van der Waals surface area contributed by atoms with Gasteiger partial charge in [0.2, 0.25) is 0 Å². The van der Waals surface area contributed by atoms with Crippen LogP contribution in [0.25, 0.3) is 0 Å². The van der Waals surface area contributed by atoms with Crippen molar-refractivity contribution in [2.45, 2.75) is 44.8 Å². The minimum Gasteiger partial charge on any atom is -0.480 e. The van der Waals surface area contributed by atoms with Gasteiger partial charge in [-0.05, 0) is 53.1 Å². The average Bonchev–Trinajstić information content (AvgIpc) is 2.46. The molecule has 1 rings (SSSR count). The van der Waals surface area contributed by atoms with Gasteiger partial charge in [0.05, 0.1) is 0 Å². The van der Waals surface area contributed by atoms with E-state index >= 15 is 0 Å². The molecule has 1 atom stereocenters. The molecular formula is C15H20INO4. The van der Waals surface area contributed by atoms with E-state index in [4.69, 9.17) is 15.6 Å². The molecule has 5 nitrogen and oxygen atoms in total. The summed E-state index contributed by atoms with van der Waals surface area (Å²) in [4.78, 5) is 22.1. The van der Waals surface area contributed by atoms with Gasteiger partial charge in [-0.1, -0.05) is 25.0 Å².